The zero-order chi connectivity index (χ0) is 16.3. The maximum atomic E-state index is 6.56. The number of hydrogen-bond acceptors (Lipinski definition) is 5. The molecule has 5 nitrogen and oxygen atoms in total. The average Bonchev–Trinajstić information content (AvgIpc) is 2.50. The normalized spacial score (nSPS) is 21.6. The molecule has 0 aromatic heterocycles. The summed E-state index contributed by atoms with van der Waals surface area (Å²) in [6.45, 7) is 5.79. The first-order chi connectivity index (χ1) is 10.5. The largest absolute Gasteiger partial charge is 0.493 e. The summed E-state index contributed by atoms with van der Waals surface area (Å²) in [7, 11) is 5.36. The molecule has 22 heavy (non-hydrogen) atoms. The van der Waals surface area contributed by atoms with Crippen molar-refractivity contribution in [3.05, 3.63) is 22.7 Å². The summed E-state index contributed by atoms with van der Waals surface area (Å²) in [6, 6.07) is 4.39. The molecule has 0 spiro atoms. The second kappa shape index (κ2) is 7.51. The van der Waals surface area contributed by atoms with E-state index in [1.54, 1.807) is 14.2 Å². The zero-order valence-corrected chi connectivity index (χ0v) is 14.6. The van der Waals surface area contributed by atoms with Crippen molar-refractivity contribution in [2.75, 3.05) is 47.4 Å². The molecule has 0 amide bonds. The third-order valence-corrected chi connectivity index (χ3v) is 4.77. The lowest BCUT2D eigenvalue weighted by atomic mass is 10.0. The minimum Gasteiger partial charge on any atom is -0.493 e. The fourth-order valence-electron chi connectivity index (χ4n) is 3.22. The van der Waals surface area contributed by atoms with Crippen LogP contribution >= 0.6 is 11.6 Å². The number of benzene rings is 1. The minimum atomic E-state index is 0.0796. The zero-order valence-electron chi connectivity index (χ0n) is 13.8. The quantitative estimate of drug-likeness (QED) is 0.896. The van der Waals surface area contributed by atoms with Gasteiger partial charge in [-0.1, -0.05) is 17.7 Å². The first-order valence-corrected chi connectivity index (χ1v) is 7.96. The maximum absolute atomic E-state index is 6.56. The summed E-state index contributed by atoms with van der Waals surface area (Å²) in [5, 5.41) is 0.587. The highest BCUT2D eigenvalue weighted by Crippen LogP contribution is 2.41. The van der Waals surface area contributed by atoms with Crippen molar-refractivity contribution in [1.82, 2.24) is 9.80 Å². The van der Waals surface area contributed by atoms with Crippen molar-refractivity contribution in [2.24, 2.45) is 5.73 Å². The Morgan fingerprint density at radius 3 is 2.59 bits per heavy atom. The van der Waals surface area contributed by atoms with Crippen molar-refractivity contribution in [3.63, 3.8) is 0 Å². The lowest BCUT2D eigenvalue weighted by molar-refractivity contribution is 0.0635. The van der Waals surface area contributed by atoms with Gasteiger partial charge in [-0.3, -0.25) is 4.90 Å². The van der Waals surface area contributed by atoms with Crippen molar-refractivity contribution in [3.8, 4) is 11.5 Å². The van der Waals surface area contributed by atoms with E-state index < -0.39 is 0 Å². The Balaban J connectivity index is 2.35. The van der Waals surface area contributed by atoms with Gasteiger partial charge >= 0.3 is 0 Å². The average molecular weight is 328 g/mol. The number of halogens is 1. The van der Waals surface area contributed by atoms with Crippen LogP contribution in [0.5, 0.6) is 11.5 Å². The molecule has 0 aliphatic carbocycles. The van der Waals surface area contributed by atoms with E-state index in [0.717, 1.165) is 25.2 Å². The topological polar surface area (TPSA) is 51.0 Å². The van der Waals surface area contributed by atoms with Gasteiger partial charge in [-0.2, -0.15) is 0 Å². The molecule has 2 N–H and O–H groups in total. The molecule has 2 unspecified atom stereocenters. The Labute approximate surface area is 137 Å². The molecule has 6 heteroatoms. The van der Waals surface area contributed by atoms with Gasteiger partial charge in [-0.15, -0.1) is 0 Å². The van der Waals surface area contributed by atoms with E-state index in [4.69, 9.17) is 26.8 Å². The van der Waals surface area contributed by atoms with Gasteiger partial charge < -0.3 is 20.1 Å². The van der Waals surface area contributed by atoms with Crippen LogP contribution in [0.1, 0.15) is 18.5 Å². The van der Waals surface area contributed by atoms with E-state index in [9.17, 15) is 0 Å². The monoisotopic (exact) mass is 327 g/mol. The second-order valence-corrected chi connectivity index (χ2v) is 6.18. The predicted octanol–water partition coefficient (Wildman–Crippen LogP) is 1.99. The molecule has 1 fully saturated rings. The Hall–Kier alpha value is -1.01. The summed E-state index contributed by atoms with van der Waals surface area (Å²) in [5.41, 5.74) is 7.08. The molecular weight excluding hydrogens is 302 g/mol. The minimum absolute atomic E-state index is 0.0796. The van der Waals surface area contributed by atoms with E-state index >= 15 is 0 Å². The van der Waals surface area contributed by atoms with Gasteiger partial charge in [-0.25, -0.2) is 0 Å². The van der Waals surface area contributed by atoms with Gasteiger partial charge in [0.2, 0.25) is 0 Å². The van der Waals surface area contributed by atoms with Crippen LogP contribution in [0.3, 0.4) is 0 Å². The molecule has 1 aliphatic heterocycles. The van der Waals surface area contributed by atoms with Gasteiger partial charge in [-0.05, 0) is 25.6 Å². The van der Waals surface area contributed by atoms with Crippen molar-refractivity contribution in [1.29, 1.82) is 0 Å². The smallest absolute Gasteiger partial charge is 0.179 e. The Morgan fingerprint density at radius 2 is 2.05 bits per heavy atom. The third kappa shape index (κ3) is 3.33. The van der Waals surface area contributed by atoms with Crippen LogP contribution in [0.4, 0.5) is 0 Å². The number of nitrogens with two attached hydrogens (primary N) is 1. The molecular formula is C16H26ClN3O2. The Kier molecular flexibility index (Phi) is 5.92. The lowest BCUT2D eigenvalue weighted by Crippen LogP contribution is -2.52. The van der Waals surface area contributed by atoms with Crippen LogP contribution in [0.2, 0.25) is 5.02 Å². The standard InChI is InChI=1S/C16H26ClN3O2/c1-11-10-19(2)7-8-20(11)13(9-18)12-5-6-14(21-3)16(22-4)15(12)17/h5-6,11,13H,7-10,18H2,1-4H3. The molecule has 1 aromatic rings. The van der Waals surface area contributed by atoms with Gasteiger partial charge in [0, 0.05) is 38.3 Å². The first kappa shape index (κ1) is 17.3. The fourth-order valence-corrected chi connectivity index (χ4v) is 3.58. The van der Waals surface area contributed by atoms with Crippen LogP contribution < -0.4 is 15.2 Å². The highest BCUT2D eigenvalue weighted by molar-refractivity contribution is 6.33. The molecule has 2 atom stereocenters. The highest BCUT2D eigenvalue weighted by Gasteiger charge is 2.30. The maximum Gasteiger partial charge on any atom is 0.179 e. The fraction of sp³-hybridized carbons (Fsp3) is 0.625. The first-order valence-electron chi connectivity index (χ1n) is 7.58. The van der Waals surface area contributed by atoms with Gasteiger partial charge in [0.15, 0.2) is 11.5 Å². The Bertz CT molecular complexity index is 512. The van der Waals surface area contributed by atoms with Crippen molar-refractivity contribution >= 4 is 11.6 Å². The number of hydrogen-bond donors (Lipinski definition) is 1. The summed E-state index contributed by atoms with van der Waals surface area (Å²) in [6.07, 6.45) is 0. The number of likely N-dealkylation sites (N-methyl/N-ethyl adjacent to an activating group) is 1. The summed E-state index contributed by atoms with van der Waals surface area (Å²) < 4.78 is 10.7. The number of rotatable bonds is 5. The molecule has 0 bridgehead atoms. The highest BCUT2D eigenvalue weighted by atomic mass is 35.5. The van der Waals surface area contributed by atoms with Crippen LogP contribution in [0.25, 0.3) is 0 Å². The molecule has 0 saturated carbocycles. The van der Waals surface area contributed by atoms with Gasteiger partial charge in [0.05, 0.1) is 19.2 Å². The SMILES string of the molecule is COc1ccc(C(CN)N2CCN(C)CC2C)c(Cl)c1OC. The molecule has 124 valence electrons. The summed E-state index contributed by atoms with van der Waals surface area (Å²) in [5.74, 6) is 1.21. The summed E-state index contributed by atoms with van der Waals surface area (Å²) in [4.78, 5) is 4.76. The number of ether oxygens (including phenoxy) is 2. The van der Waals surface area contributed by atoms with Crippen molar-refractivity contribution < 1.29 is 9.47 Å². The number of piperazine rings is 1. The molecule has 1 saturated heterocycles. The van der Waals surface area contributed by atoms with Crippen LogP contribution in [0, 0.1) is 0 Å². The van der Waals surface area contributed by atoms with Crippen LogP contribution in [0.15, 0.2) is 12.1 Å². The predicted molar refractivity (Wildman–Crippen MR) is 90.0 cm³/mol. The van der Waals surface area contributed by atoms with E-state index in [-0.39, 0.29) is 6.04 Å². The van der Waals surface area contributed by atoms with E-state index in [0.29, 0.717) is 29.1 Å². The second-order valence-electron chi connectivity index (χ2n) is 5.80. The van der Waals surface area contributed by atoms with Gasteiger partial charge in [0.1, 0.15) is 0 Å². The summed E-state index contributed by atoms with van der Waals surface area (Å²) >= 11 is 6.56. The van der Waals surface area contributed by atoms with Crippen LogP contribution in [-0.4, -0.2) is 63.3 Å². The van der Waals surface area contributed by atoms with E-state index in [1.165, 1.54) is 0 Å². The van der Waals surface area contributed by atoms with E-state index in [1.807, 2.05) is 12.1 Å². The molecule has 1 aromatic carbocycles. The van der Waals surface area contributed by atoms with Gasteiger partial charge in [0.25, 0.3) is 0 Å². The number of methoxy groups -OCH3 is 2. The molecule has 0 radical (unpaired) electrons. The third-order valence-electron chi connectivity index (χ3n) is 4.38. The number of nitrogens with zero attached hydrogens (tertiary/aromatic N) is 2. The molecule has 1 aliphatic rings. The molecule has 1 heterocycles. The lowest BCUT2D eigenvalue weighted by Gasteiger charge is -2.43. The van der Waals surface area contributed by atoms with Crippen molar-refractivity contribution in [2.45, 2.75) is 19.0 Å². The molecule has 2 rings (SSSR count). The Morgan fingerprint density at radius 1 is 1.32 bits per heavy atom. The van der Waals surface area contributed by atoms with E-state index in [2.05, 4.69) is 23.8 Å². The van der Waals surface area contributed by atoms with Crippen LogP contribution in [-0.2, 0) is 0 Å².